The summed E-state index contributed by atoms with van der Waals surface area (Å²) in [6.45, 7) is 5.30. The molecular formula is C33H30Cl2N6O5. The van der Waals surface area contributed by atoms with Gasteiger partial charge in [0.2, 0.25) is 0 Å². The average Bonchev–Trinajstić information content (AvgIpc) is 3.32. The van der Waals surface area contributed by atoms with E-state index in [0.717, 1.165) is 24.4 Å². The van der Waals surface area contributed by atoms with Crippen LogP contribution in [-0.2, 0) is 23.6 Å². The van der Waals surface area contributed by atoms with Crippen molar-refractivity contribution in [1.82, 2.24) is 19.4 Å². The molecular weight excluding hydrogens is 631 g/mol. The van der Waals surface area contributed by atoms with Crippen LogP contribution < -0.4 is 14.4 Å². The standard InChI is InChI=1S/C33H30Cl2N6O5/c1-32(27-6-5-20(34)13-37-27)45-26-4-2-3-22(30(26)46-32)40-10-9-39(24-15-44-16-25(24)40)14-28-38-29-21(35)11-19(31(42)43)12-23(29)41(28)18-33(17-36)7-8-33/h2-6,11-13,24-25H,7-10,14-16,18H2,1H3,(H,42,43)/t24-,25+,32-/m0/s1. The Kier molecular flexibility index (Phi) is 6.85. The van der Waals surface area contributed by atoms with Gasteiger partial charge in [-0.25, -0.2) is 9.78 Å². The van der Waals surface area contributed by atoms with Crippen molar-refractivity contribution in [3.63, 3.8) is 0 Å². The molecule has 0 bridgehead atoms. The smallest absolute Gasteiger partial charge is 0.335 e. The van der Waals surface area contributed by atoms with Crippen LogP contribution in [0.1, 0.15) is 41.6 Å². The maximum atomic E-state index is 11.9. The van der Waals surface area contributed by atoms with Crippen LogP contribution in [0.25, 0.3) is 11.0 Å². The summed E-state index contributed by atoms with van der Waals surface area (Å²) >= 11 is 12.6. The molecule has 1 N–H and O–H groups in total. The monoisotopic (exact) mass is 660 g/mol. The van der Waals surface area contributed by atoms with Crippen LogP contribution in [0.4, 0.5) is 5.69 Å². The van der Waals surface area contributed by atoms with Crippen molar-refractivity contribution in [3.05, 3.63) is 75.8 Å². The molecule has 0 amide bonds. The quantitative estimate of drug-likeness (QED) is 0.273. The number of carboxylic acid groups (broad SMARTS) is 1. The van der Waals surface area contributed by atoms with Crippen LogP contribution >= 0.6 is 23.2 Å². The van der Waals surface area contributed by atoms with Gasteiger partial charge in [-0.3, -0.25) is 9.88 Å². The van der Waals surface area contributed by atoms with E-state index in [1.807, 2.05) is 29.7 Å². The summed E-state index contributed by atoms with van der Waals surface area (Å²) in [5, 5.41) is 20.4. The molecule has 4 aliphatic rings. The van der Waals surface area contributed by atoms with Gasteiger partial charge in [0.1, 0.15) is 17.0 Å². The fourth-order valence-corrected chi connectivity index (χ4v) is 7.29. The van der Waals surface area contributed by atoms with E-state index in [2.05, 4.69) is 20.9 Å². The summed E-state index contributed by atoms with van der Waals surface area (Å²) in [5.74, 6) is -0.0958. The molecule has 8 rings (SSSR count). The topological polar surface area (TPSA) is 126 Å². The summed E-state index contributed by atoms with van der Waals surface area (Å²) in [7, 11) is 0. The Morgan fingerprint density at radius 1 is 1.13 bits per heavy atom. The maximum absolute atomic E-state index is 11.9. The zero-order valence-corrected chi connectivity index (χ0v) is 26.5. The molecule has 0 unspecified atom stereocenters. The highest BCUT2D eigenvalue weighted by molar-refractivity contribution is 6.35. The third-order valence-corrected chi connectivity index (χ3v) is 10.1. The molecule has 13 heteroatoms. The zero-order chi connectivity index (χ0) is 31.8. The molecule has 0 spiro atoms. The number of piperazine rings is 1. The van der Waals surface area contributed by atoms with Gasteiger partial charge in [0.15, 0.2) is 11.5 Å². The van der Waals surface area contributed by atoms with Crippen molar-refractivity contribution in [2.45, 2.75) is 50.7 Å². The number of pyridine rings is 1. The minimum absolute atomic E-state index is 0.0401. The van der Waals surface area contributed by atoms with Crippen molar-refractivity contribution in [3.8, 4) is 17.6 Å². The minimum atomic E-state index is -1.10. The number of halogens is 2. The van der Waals surface area contributed by atoms with Crippen LogP contribution in [-0.4, -0.2) is 68.9 Å². The first-order valence-corrected chi connectivity index (χ1v) is 16.0. The lowest BCUT2D eigenvalue weighted by atomic mass is 10.0. The first kappa shape index (κ1) is 29.3. The van der Waals surface area contributed by atoms with Crippen molar-refractivity contribution in [2.75, 3.05) is 31.2 Å². The van der Waals surface area contributed by atoms with Gasteiger partial charge >= 0.3 is 5.97 Å². The molecule has 236 valence electrons. The molecule has 2 saturated heterocycles. The molecule has 0 radical (unpaired) electrons. The Labute approximate surface area is 274 Å². The van der Waals surface area contributed by atoms with Gasteiger partial charge in [0.25, 0.3) is 5.79 Å². The molecule has 1 saturated carbocycles. The highest BCUT2D eigenvalue weighted by Crippen LogP contribution is 2.50. The summed E-state index contributed by atoms with van der Waals surface area (Å²) in [5.41, 5.74) is 2.35. The lowest BCUT2D eigenvalue weighted by Crippen LogP contribution is -2.59. The first-order valence-electron chi connectivity index (χ1n) is 15.2. The summed E-state index contributed by atoms with van der Waals surface area (Å²) in [6, 6.07) is 15.1. The zero-order valence-electron chi connectivity index (χ0n) is 24.9. The van der Waals surface area contributed by atoms with E-state index < -0.39 is 17.2 Å². The van der Waals surface area contributed by atoms with Crippen LogP contribution in [0.5, 0.6) is 11.5 Å². The predicted octanol–water partition coefficient (Wildman–Crippen LogP) is 5.47. The summed E-state index contributed by atoms with van der Waals surface area (Å²) in [6.07, 6.45) is 3.18. The van der Waals surface area contributed by atoms with Gasteiger partial charge < -0.3 is 28.8 Å². The highest BCUT2D eigenvalue weighted by atomic mass is 35.5. The summed E-state index contributed by atoms with van der Waals surface area (Å²) < 4.78 is 20.9. The number of nitrogens with zero attached hydrogens (tertiary/aromatic N) is 6. The third-order valence-electron chi connectivity index (χ3n) is 9.61. The number of hydrogen-bond donors (Lipinski definition) is 1. The molecule has 2 aromatic carbocycles. The molecule has 1 aliphatic carbocycles. The lowest BCUT2D eigenvalue weighted by molar-refractivity contribution is -0.0716. The van der Waals surface area contributed by atoms with Gasteiger partial charge in [0, 0.05) is 32.8 Å². The maximum Gasteiger partial charge on any atom is 0.335 e. The Hall–Kier alpha value is -4.08. The van der Waals surface area contributed by atoms with Crippen LogP contribution in [0.15, 0.2) is 48.7 Å². The molecule has 46 heavy (non-hydrogen) atoms. The molecule has 3 fully saturated rings. The van der Waals surface area contributed by atoms with Gasteiger partial charge in [-0.1, -0.05) is 29.3 Å². The van der Waals surface area contributed by atoms with Gasteiger partial charge in [-0.05, 0) is 49.2 Å². The number of rotatable bonds is 7. The van der Waals surface area contributed by atoms with Gasteiger partial charge in [0.05, 0.1) is 70.1 Å². The Morgan fingerprint density at radius 3 is 2.70 bits per heavy atom. The number of carbonyl (C=O) groups is 1. The first-order chi connectivity index (χ1) is 22.2. The van der Waals surface area contributed by atoms with E-state index in [1.165, 1.54) is 6.07 Å². The Morgan fingerprint density at radius 2 is 1.96 bits per heavy atom. The number of aromatic carboxylic acids is 1. The lowest BCUT2D eigenvalue weighted by Gasteiger charge is -2.44. The second kappa shape index (κ2) is 10.7. The van der Waals surface area contributed by atoms with Gasteiger partial charge in [-0.2, -0.15) is 5.26 Å². The molecule has 2 aromatic heterocycles. The second-order valence-electron chi connectivity index (χ2n) is 12.6. The van der Waals surface area contributed by atoms with E-state index in [9.17, 15) is 15.2 Å². The molecule has 3 atom stereocenters. The average molecular weight is 662 g/mol. The number of hydrogen-bond acceptors (Lipinski definition) is 9. The summed E-state index contributed by atoms with van der Waals surface area (Å²) in [4.78, 5) is 25.9. The van der Waals surface area contributed by atoms with Crippen molar-refractivity contribution < 1.29 is 24.1 Å². The van der Waals surface area contributed by atoms with Crippen molar-refractivity contribution in [1.29, 1.82) is 5.26 Å². The predicted molar refractivity (Wildman–Crippen MR) is 169 cm³/mol. The van der Waals surface area contributed by atoms with E-state index in [-0.39, 0.29) is 22.7 Å². The van der Waals surface area contributed by atoms with E-state index in [0.29, 0.717) is 72.6 Å². The third kappa shape index (κ3) is 4.83. The Bertz CT molecular complexity index is 1920. The normalized spacial score (nSPS) is 24.6. The van der Waals surface area contributed by atoms with E-state index in [1.54, 1.807) is 24.4 Å². The fourth-order valence-electron chi connectivity index (χ4n) is 6.92. The van der Waals surface area contributed by atoms with Crippen LogP contribution in [0.2, 0.25) is 10.0 Å². The number of para-hydroxylation sites is 1. The molecule has 3 aliphatic heterocycles. The largest absolute Gasteiger partial charge is 0.478 e. The van der Waals surface area contributed by atoms with Gasteiger partial charge in [-0.15, -0.1) is 0 Å². The van der Waals surface area contributed by atoms with Crippen LogP contribution in [0, 0.1) is 16.7 Å². The number of ether oxygens (including phenoxy) is 3. The molecule has 11 nitrogen and oxygen atoms in total. The number of imidazole rings is 1. The fraction of sp³-hybridized carbons (Fsp3) is 0.394. The van der Waals surface area contributed by atoms with Crippen molar-refractivity contribution in [2.24, 2.45) is 5.41 Å². The van der Waals surface area contributed by atoms with E-state index in [4.69, 9.17) is 42.4 Å². The number of aromatic nitrogens is 3. The number of carboxylic acids is 1. The Balaban J connectivity index is 1.09. The second-order valence-corrected chi connectivity index (χ2v) is 13.4. The number of anilines is 1. The van der Waals surface area contributed by atoms with E-state index >= 15 is 0 Å². The highest BCUT2D eigenvalue weighted by Gasteiger charge is 2.47. The minimum Gasteiger partial charge on any atom is -0.478 e. The molecule has 5 heterocycles. The molecule has 4 aromatic rings. The van der Waals surface area contributed by atoms with Crippen molar-refractivity contribution >= 4 is 45.9 Å². The number of nitriles is 1. The number of fused-ring (bicyclic) bond motifs is 3. The number of benzene rings is 2. The SMILES string of the molecule is C[C@]1(c2ccc(Cl)cn2)Oc2cccc(N3CCN(Cc4nc5c(Cl)cc(C(=O)O)cc5n4CC4(C#N)CC4)[C@H]4COC[C@H]43)c2O1. The van der Waals surface area contributed by atoms with Crippen LogP contribution in [0.3, 0.4) is 0 Å².